The van der Waals surface area contributed by atoms with Crippen molar-refractivity contribution in [1.82, 2.24) is 4.90 Å². The van der Waals surface area contributed by atoms with Gasteiger partial charge in [0.1, 0.15) is 0 Å². The molecule has 2 aliphatic heterocycles. The Morgan fingerprint density at radius 3 is 2.83 bits per heavy atom. The maximum atomic E-state index is 12.4. The highest BCUT2D eigenvalue weighted by atomic mass is 32.2. The van der Waals surface area contributed by atoms with Crippen LogP contribution in [0.4, 0.5) is 0 Å². The zero-order chi connectivity index (χ0) is 12.5. The number of thioether (sulfide) groups is 1. The molecule has 0 bridgehead atoms. The first kappa shape index (κ1) is 11.8. The van der Waals surface area contributed by atoms with E-state index in [1.165, 1.54) is 4.90 Å². The summed E-state index contributed by atoms with van der Waals surface area (Å²) in [5, 5.41) is 0.0233. The van der Waals surface area contributed by atoms with E-state index in [2.05, 4.69) is 23.6 Å². The number of carbonyl (C=O) groups excluding carboxylic acids is 1. The number of rotatable bonds is 3. The number of fused-ring (bicyclic) bond motifs is 1. The second kappa shape index (κ2) is 4.81. The lowest BCUT2D eigenvalue weighted by molar-refractivity contribution is -0.127. The molecular weight excluding hydrogens is 242 g/mol. The van der Waals surface area contributed by atoms with Gasteiger partial charge in [-0.25, -0.2) is 0 Å². The predicted molar refractivity (Wildman–Crippen MR) is 74.5 cm³/mol. The topological polar surface area (TPSA) is 20.3 Å². The fourth-order valence-corrected chi connectivity index (χ4v) is 4.34. The summed E-state index contributed by atoms with van der Waals surface area (Å²) >= 11 is 1.69. The van der Waals surface area contributed by atoms with Crippen molar-refractivity contribution < 1.29 is 4.79 Å². The van der Waals surface area contributed by atoms with E-state index in [1.807, 2.05) is 24.3 Å². The second-order valence-corrected chi connectivity index (χ2v) is 6.12. The molecule has 0 N–H and O–H groups in total. The summed E-state index contributed by atoms with van der Waals surface area (Å²) in [5.74, 6) is 0.599. The van der Waals surface area contributed by atoms with Crippen LogP contribution in [0.25, 0.3) is 0 Å². The number of amides is 1. The number of benzene rings is 1. The van der Waals surface area contributed by atoms with Gasteiger partial charge in [-0.2, -0.15) is 0 Å². The first-order valence-electron chi connectivity index (χ1n) is 6.46. The Morgan fingerprint density at radius 2 is 2.11 bits per heavy atom. The van der Waals surface area contributed by atoms with Crippen LogP contribution in [0, 0.1) is 5.92 Å². The minimum atomic E-state index is 0.0233. The van der Waals surface area contributed by atoms with Crippen LogP contribution in [-0.4, -0.2) is 28.6 Å². The summed E-state index contributed by atoms with van der Waals surface area (Å²) in [4.78, 5) is 15.7. The molecule has 18 heavy (non-hydrogen) atoms. The van der Waals surface area contributed by atoms with Crippen LogP contribution in [-0.2, 0) is 4.79 Å². The van der Waals surface area contributed by atoms with Gasteiger partial charge in [-0.1, -0.05) is 24.3 Å². The van der Waals surface area contributed by atoms with Crippen molar-refractivity contribution in [3.05, 3.63) is 43.0 Å². The molecule has 0 aliphatic carbocycles. The maximum Gasteiger partial charge on any atom is 0.237 e. The minimum Gasteiger partial charge on any atom is -0.338 e. The van der Waals surface area contributed by atoms with Crippen LogP contribution >= 0.6 is 11.8 Å². The molecule has 2 saturated heterocycles. The van der Waals surface area contributed by atoms with Gasteiger partial charge in [-0.3, -0.25) is 4.79 Å². The molecule has 3 heteroatoms. The molecule has 3 atom stereocenters. The third kappa shape index (κ3) is 1.87. The average Bonchev–Trinajstić information content (AvgIpc) is 2.95. The van der Waals surface area contributed by atoms with E-state index in [1.54, 1.807) is 11.8 Å². The number of hydrogen-bond donors (Lipinski definition) is 0. The lowest BCUT2D eigenvalue weighted by atomic mass is 9.98. The fourth-order valence-electron chi connectivity index (χ4n) is 3.05. The molecule has 2 fully saturated rings. The standard InChI is InChI=1S/C15H17NOS/c1-2-12-13-9-6-10-16(13)15(17)14(12)18-11-7-4-3-5-8-11/h2-5,7-8,12-14H,1,6,9-10H2/t12-,13+,14+/m1/s1. The summed E-state index contributed by atoms with van der Waals surface area (Å²) in [5.41, 5.74) is 0. The SMILES string of the molecule is C=C[C@H]1[C@H](Sc2ccccc2)C(=O)N2CCC[C@@H]12. The minimum absolute atomic E-state index is 0.0233. The molecule has 1 aromatic rings. The van der Waals surface area contributed by atoms with Gasteiger partial charge >= 0.3 is 0 Å². The molecule has 2 aliphatic rings. The van der Waals surface area contributed by atoms with Crippen molar-refractivity contribution in [1.29, 1.82) is 0 Å². The fraction of sp³-hybridized carbons (Fsp3) is 0.400. The molecule has 0 aromatic heterocycles. The zero-order valence-corrected chi connectivity index (χ0v) is 11.1. The van der Waals surface area contributed by atoms with Crippen molar-refractivity contribution in [3.63, 3.8) is 0 Å². The van der Waals surface area contributed by atoms with Gasteiger partial charge in [0, 0.05) is 23.4 Å². The van der Waals surface area contributed by atoms with Gasteiger partial charge in [0.2, 0.25) is 5.91 Å². The average molecular weight is 259 g/mol. The lowest BCUT2D eigenvalue weighted by Gasteiger charge is -2.17. The van der Waals surface area contributed by atoms with Crippen molar-refractivity contribution in [3.8, 4) is 0 Å². The Hall–Kier alpha value is -1.22. The quantitative estimate of drug-likeness (QED) is 0.778. The Kier molecular flexibility index (Phi) is 3.16. The first-order chi connectivity index (χ1) is 8.81. The van der Waals surface area contributed by atoms with Crippen molar-refractivity contribution in [2.24, 2.45) is 5.92 Å². The maximum absolute atomic E-state index is 12.4. The summed E-state index contributed by atoms with van der Waals surface area (Å²) < 4.78 is 0. The predicted octanol–water partition coefficient (Wildman–Crippen LogP) is 2.95. The largest absolute Gasteiger partial charge is 0.338 e. The van der Waals surface area contributed by atoms with Gasteiger partial charge < -0.3 is 4.90 Å². The number of hydrogen-bond acceptors (Lipinski definition) is 2. The summed E-state index contributed by atoms with van der Waals surface area (Å²) in [7, 11) is 0. The molecule has 0 unspecified atom stereocenters. The lowest BCUT2D eigenvalue weighted by Crippen LogP contribution is -2.29. The normalized spacial score (nSPS) is 30.6. The van der Waals surface area contributed by atoms with E-state index in [9.17, 15) is 4.79 Å². The van der Waals surface area contributed by atoms with Gasteiger partial charge in [0.15, 0.2) is 0 Å². The summed E-state index contributed by atoms with van der Waals surface area (Å²) in [6.45, 7) is 4.87. The number of carbonyl (C=O) groups is 1. The molecule has 0 radical (unpaired) electrons. The van der Waals surface area contributed by atoms with Crippen LogP contribution in [0.5, 0.6) is 0 Å². The van der Waals surface area contributed by atoms with Crippen LogP contribution in [0.3, 0.4) is 0 Å². The van der Waals surface area contributed by atoms with E-state index in [0.29, 0.717) is 17.9 Å². The third-order valence-corrected chi connectivity index (χ3v) is 5.21. The van der Waals surface area contributed by atoms with Crippen LogP contribution in [0.1, 0.15) is 12.8 Å². The van der Waals surface area contributed by atoms with E-state index in [-0.39, 0.29) is 5.25 Å². The second-order valence-electron chi connectivity index (χ2n) is 4.91. The Bertz CT molecular complexity index is 459. The van der Waals surface area contributed by atoms with Gasteiger partial charge in [0.25, 0.3) is 0 Å². The molecule has 1 amide bonds. The highest BCUT2D eigenvalue weighted by Gasteiger charge is 2.48. The molecule has 94 valence electrons. The van der Waals surface area contributed by atoms with Crippen LogP contribution in [0.2, 0.25) is 0 Å². The molecule has 2 nitrogen and oxygen atoms in total. The van der Waals surface area contributed by atoms with Crippen molar-refractivity contribution in [2.45, 2.75) is 29.0 Å². The van der Waals surface area contributed by atoms with Crippen LogP contribution in [0.15, 0.2) is 47.9 Å². The highest BCUT2D eigenvalue weighted by molar-refractivity contribution is 8.00. The highest BCUT2D eigenvalue weighted by Crippen LogP contribution is 2.42. The number of nitrogens with zero attached hydrogens (tertiary/aromatic N) is 1. The van der Waals surface area contributed by atoms with Crippen LogP contribution < -0.4 is 0 Å². The Balaban J connectivity index is 1.83. The van der Waals surface area contributed by atoms with E-state index >= 15 is 0 Å². The van der Waals surface area contributed by atoms with Gasteiger partial charge in [0.05, 0.1) is 5.25 Å². The molecular formula is C15H17NOS. The molecule has 3 rings (SSSR count). The van der Waals surface area contributed by atoms with Gasteiger partial charge in [-0.05, 0) is 25.0 Å². The Labute approximate surface area is 112 Å². The van der Waals surface area contributed by atoms with E-state index < -0.39 is 0 Å². The summed E-state index contributed by atoms with van der Waals surface area (Å²) in [6, 6.07) is 10.6. The smallest absolute Gasteiger partial charge is 0.237 e. The zero-order valence-electron chi connectivity index (χ0n) is 10.3. The molecule has 1 aromatic carbocycles. The van der Waals surface area contributed by atoms with Gasteiger partial charge in [-0.15, -0.1) is 18.3 Å². The monoisotopic (exact) mass is 259 g/mol. The molecule has 0 spiro atoms. The summed E-state index contributed by atoms with van der Waals surface area (Å²) in [6.07, 6.45) is 4.26. The Morgan fingerprint density at radius 1 is 1.33 bits per heavy atom. The van der Waals surface area contributed by atoms with Crippen molar-refractivity contribution >= 4 is 17.7 Å². The molecule has 2 heterocycles. The van der Waals surface area contributed by atoms with Crippen molar-refractivity contribution in [2.75, 3.05) is 6.54 Å². The first-order valence-corrected chi connectivity index (χ1v) is 7.34. The molecule has 0 saturated carbocycles. The van der Waals surface area contributed by atoms with E-state index in [4.69, 9.17) is 0 Å². The third-order valence-electron chi connectivity index (χ3n) is 3.90. The van der Waals surface area contributed by atoms with E-state index in [0.717, 1.165) is 19.4 Å².